The van der Waals surface area contributed by atoms with Gasteiger partial charge in [-0.2, -0.15) is 0 Å². The van der Waals surface area contributed by atoms with E-state index < -0.39 is 17.8 Å². The Labute approximate surface area is 167 Å². The highest BCUT2D eigenvalue weighted by atomic mass is 19.1. The number of halogens is 1. The number of carbonyl (C=O) groups is 2. The van der Waals surface area contributed by atoms with E-state index in [4.69, 9.17) is 4.74 Å². The lowest BCUT2D eigenvalue weighted by molar-refractivity contribution is 0.0716. The number of likely N-dealkylation sites (N-methyl/N-ethyl adjacent to an activating group) is 1. The van der Waals surface area contributed by atoms with Crippen molar-refractivity contribution in [2.45, 2.75) is 19.1 Å². The summed E-state index contributed by atoms with van der Waals surface area (Å²) in [5, 5.41) is 0. The van der Waals surface area contributed by atoms with Crippen LogP contribution in [0.2, 0.25) is 0 Å². The minimum Gasteiger partial charge on any atom is -0.445 e. The molecule has 0 aliphatic carbocycles. The molecule has 1 saturated heterocycles. The van der Waals surface area contributed by atoms with E-state index in [1.54, 1.807) is 18.0 Å². The van der Waals surface area contributed by atoms with Gasteiger partial charge in [0.1, 0.15) is 12.1 Å². The Bertz CT molecular complexity index is 1040. The van der Waals surface area contributed by atoms with Crippen LogP contribution in [0, 0.1) is 5.82 Å². The van der Waals surface area contributed by atoms with Gasteiger partial charge in [0.25, 0.3) is 5.91 Å². The maximum absolute atomic E-state index is 14.7. The van der Waals surface area contributed by atoms with Crippen LogP contribution in [-0.2, 0) is 11.3 Å². The molecule has 0 saturated carbocycles. The molecule has 4 rings (SSSR count). The molecule has 1 aromatic heterocycles. The first-order valence-electron chi connectivity index (χ1n) is 9.39. The molecule has 3 aromatic rings. The zero-order valence-electron chi connectivity index (χ0n) is 16.0. The third-order valence-corrected chi connectivity index (χ3v) is 5.26. The van der Waals surface area contributed by atoms with E-state index >= 15 is 0 Å². The zero-order valence-corrected chi connectivity index (χ0v) is 16.0. The molecule has 0 bridgehead atoms. The summed E-state index contributed by atoms with van der Waals surface area (Å²) in [5.74, 6) is -1.07. The Morgan fingerprint density at radius 3 is 2.86 bits per heavy atom. The van der Waals surface area contributed by atoms with Crippen molar-refractivity contribution in [3.05, 3.63) is 65.7 Å². The van der Waals surface area contributed by atoms with Crippen LogP contribution >= 0.6 is 0 Å². The molecule has 150 valence electrons. The Morgan fingerprint density at radius 2 is 2.07 bits per heavy atom. The van der Waals surface area contributed by atoms with Crippen molar-refractivity contribution in [1.82, 2.24) is 19.8 Å². The number of ether oxygens (including phenoxy) is 1. The smallest absolute Gasteiger partial charge is 0.410 e. The van der Waals surface area contributed by atoms with Gasteiger partial charge >= 0.3 is 6.09 Å². The number of benzene rings is 2. The fourth-order valence-corrected chi connectivity index (χ4v) is 3.53. The number of aromatic nitrogens is 2. The number of likely N-dealkylation sites (tertiary alicyclic amines) is 1. The standard InChI is InChI=1S/C21H21FN4O3/c1-25(20(27)16-7-8-17-19(18(16)22)24-13-23-17)15-9-10-26(11-15)21(28)29-12-14-5-3-2-4-6-14/h2-8,13,15H,9-12H2,1H3,(H,23,24). The van der Waals surface area contributed by atoms with E-state index in [0.717, 1.165) is 5.56 Å². The summed E-state index contributed by atoms with van der Waals surface area (Å²) >= 11 is 0. The minimum absolute atomic E-state index is 0.0304. The SMILES string of the molecule is CN(C(=O)c1ccc2[nH]cnc2c1F)C1CCN(C(=O)OCc2ccccc2)C1. The molecule has 2 aromatic carbocycles. The predicted octanol–water partition coefficient (Wildman–Crippen LogP) is 3.19. The van der Waals surface area contributed by atoms with Crippen LogP contribution in [-0.4, -0.2) is 57.9 Å². The summed E-state index contributed by atoms with van der Waals surface area (Å²) in [6.07, 6.45) is 1.58. The van der Waals surface area contributed by atoms with E-state index in [2.05, 4.69) is 9.97 Å². The molecule has 7 nitrogen and oxygen atoms in total. The molecule has 1 N–H and O–H groups in total. The Kier molecular flexibility index (Phi) is 5.16. The summed E-state index contributed by atoms with van der Waals surface area (Å²) in [5.41, 5.74) is 1.56. The highest BCUT2D eigenvalue weighted by Crippen LogP contribution is 2.22. The molecule has 29 heavy (non-hydrogen) atoms. The van der Waals surface area contributed by atoms with E-state index in [0.29, 0.717) is 25.0 Å². The van der Waals surface area contributed by atoms with Crippen LogP contribution in [0.4, 0.5) is 9.18 Å². The average Bonchev–Trinajstić information content (AvgIpc) is 3.42. The number of hydrogen-bond acceptors (Lipinski definition) is 4. The lowest BCUT2D eigenvalue weighted by Crippen LogP contribution is -2.40. The molecule has 1 atom stereocenters. The Morgan fingerprint density at radius 1 is 1.28 bits per heavy atom. The Balaban J connectivity index is 1.38. The molecule has 0 radical (unpaired) electrons. The largest absolute Gasteiger partial charge is 0.445 e. The normalized spacial score (nSPS) is 16.2. The number of imidazole rings is 1. The fourth-order valence-electron chi connectivity index (χ4n) is 3.53. The quantitative estimate of drug-likeness (QED) is 0.735. The number of H-pyrrole nitrogens is 1. The lowest BCUT2D eigenvalue weighted by Gasteiger charge is -2.25. The van der Waals surface area contributed by atoms with Crippen LogP contribution in [0.3, 0.4) is 0 Å². The summed E-state index contributed by atoms with van der Waals surface area (Å²) in [7, 11) is 1.62. The topological polar surface area (TPSA) is 78.5 Å². The second-order valence-electron chi connectivity index (χ2n) is 7.07. The van der Waals surface area contributed by atoms with Crippen molar-refractivity contribution in [3.63, 3.8) is 0 Å². The second kappa shape index (κ2) is 7.90. The van der Waals surface area contributed by atoms with Gasteiger partial charge in [0.15, 0.2) is 5.82 Å². The van der Waals surface area contributed by atoms with Crippen molar-refractivity contribution in [1.29, 1.82) is 0 Å². The monoisotopic (exact) mass is 396 g/mol. The van der Waals surface area contributed by atoms with Gasteiger partial charge in [-0.05, 0) is 24.1 Å². The van der Waals surface area contributed by atoms with Crippen LogP contribution in [0.25, 0.3) is 11.0 Å². The van der Waals surface area contributed by atoms with Gasteiger partial charge < -0.3 is 19.5 Å². The molecule has 0 spiro atoms. The molecule has 2 heterocycles. The molecule has 1 unspecified atom stereocenters. The molecule has 1 fully saturated rings. The molecule has 2 amide bonds. The van der Waals surface area contributed by atoms with Crippen molar-refractivity contribution in [2.75, 3.05) is 20.1 Å². The zero-order chi connectivity index (χ0) is 20.4. The number of carbonyl (C=O) groups excluding carboxylic acids is 2. The summed E-state index contributed by atoms with van der Waals surface area (Å²) in [6.45, 7) is 1.03. The van der Waals surface area contributed by atoms with Gasteiger partial charge in [0, 0.05) is 20.1 Å². The van der Waals surface area contributed by atoms with Crippen LogP contribution in [0.1, 0.15) is 22.3 Å². The fraction of sp³-hybridized carbons (Fsp3) is 0.286. The van der Waals surface area contributed by atoms with Crippen molar-refractivity contribution in [3.8, 4) is 0 Å². The van der Waals surface area contributed by atoms with E-state index in [1.165, 1.54) is 17.3 Å². The number of fused-ring (bicyclic) bond motifs is 1. The summed E-state index contributed by atoms with van der Waals surface area (Å²) < 4.78 is 20.0. The molecule has 1 aliphatic rings. The number of aromatic amines is 1. The third-order valence-electron chi connectivity index (χ3n) is 5.26. The van der Waals surface area contributed by atoms with Crippen molar-refractivity contribution >= 4 is 23.0 Å². The molecular weight excluding hydrogens is 375 g/mol. The molecular formula is C21H21FN4O3. The average molecular weight is 396 g/mol. The molecule has 8 heteroatoms. The molecule has 1 aliphatic heterocycles. The number of amides is 2. The van der Waals surface area contributed by atoms with Gasteiger partial charge in [0.05, 0.1) is 23.4 Å². The van der Waals surface area contributed by atoms with Crippen molar-refractivity contribution < 1.29 is 18.7 Å². The third kappa shape index (κ3) is 3.78. The van der Waals surface area contributed by atoms with Gasteiger partial charge in [0.2, 0.25) is 0 Å². The van der Waals surface area contributed by atoms with Gasteiger partial charge in [-0.15, -0.1) is 0 Å². The number of nitrogens with zero attached hydrogens (tertiary/aromatic N) is 3. The van der Waals surface area contributed by atoms with Gasteiger partial charge in [-0.1, -0.05) is 30.3 Å². The number of nitrogens with one attached hydrogen (secondary N) is 1. The second-order valence-corrected chi connectivity index (χ2v) is 7.07. The number of rotatable bonds is 4. The summed E-state index contributed by atoms with van der Waals surface area (Å²) in [4.78, 5) is 35.0. The van der Waals surface area contributed by atoms with Crippen LogP contribution < -0.4 is 0 Å². The van der Waals surface area contributed by atoms with E-state index in [1.807, 2.05) is 30.3 Å². The summed E-state index contributed by atoms with van der Waals surface area (Å²) in [6, 6.07) is 12.3. The highest BCUT2D eigenvalue weighted by molar-refractivity contribution is 5.98. The highest BCUT2D eigenvalue weighted by Gasteiger charge is 2.33. The maximum atomic E-state index is 14.7. The first-order valence-corrected chi connectivity index (χ1v) is 9.39. The van der Waals surface area contributed by atoms with E-state index in [9.17, 15) is 14.0 Å². The first kappa shape index (κ1) is 18.9. The van der Waals surface area contributed by atoms with Crippen LogP contribution in [0.15, 0.2) is 48.8 Å². The van der Waals surface area contributed by atoms with Gasteiger partial charge in [-0.3, -0.25) is 4.79 Å². The number of hydrogen-bond donors (Lipinski definition) is 1. The minimum atomic E-state index is -0.641. The van der Waals surface area contributed by atoms with Crippen LogP contribution in [0.5, 0.6) is 0 Å². The van der Waals surface area contributed by atoms with Gasteiger partial charge in [-0.25, -0.2) is 14.2 Å². The maximum Gasteiger partial charge on any atom is 0.410 e. The van der Waals surface area contributed by atoms with E-state index in [-0.39, 0.29) is 23.7 Å². The van der Waals surface area contributed by atoms with Crippen molar-refractivity contribution in [2.24, 2.45) is 0 Å². The Hall–Kier alpha value is -3.42. The first-order chi connectivity index (χ1) is 14.0. The lowest BCUT2D eigenvalue weighted by atomic mass is 10.1. The predicted molar refractivity (Wildman–Crippen MR) is 105 cm³/mol.